The smallest absolute Gasteiger partial charge is 0.310 e. The zero-order chi connectivity index (χ0) is 23.1. The third-order valence-electron chi connectivity index (χ3n) is 4.41. The molecule has 1 N–H and O–H groups in total. The van der Waals surface area contributed by atoms with E-state index in [9.17, 15) is 14.0 Å². The van der Waals surface area contributed by atoms with Crippen LogP contribution >= 0.6 is 23.2 Å². The molecule has 0 fully saturated rings. The molecule has 0 bridgehead atoms. The molecule has 0 aliphatic rings. The second kappa shape index (κ2) is 11.0. The highest BCUT2D eigenvalue weighted by Crippen LogP contribution is 2.25. The first-order valence-corrected chi connectivity index (χ1v) is 10.5. The normalized spacial score (nSPS) is 10.5. The van der Waals surface area contributed by atoms with E-state index in [-0.39, 0.29) is 35.9 Å². The van der Waals surface area contributed by atoms with Crippen LogP contribution in [0.15, 0.2) is 60.7 Å². The van der Waals surface area contributed by atoms with Gasteiger partial charge in [-0.15, -0.1) is 0 Å². The molecule has 0 aliphatic carbocycles. The summed E-state index contributed by atoms with van der Waals surface area (Å²) in [5.41, 5.74) is 1.39. The molecular formula is C24H20Cl2FNO4. The van der Waals surface area contributed by atoms with E-state index in [1.807, 2.05) is 12.1 Å². The Morgan fingerprint density at radius 1 is 1.00 bits per heavy atom. The van der Waals surface area contributed by atoms with Crippen molar-refractivity contribution < 1.29 is 23.5 Å². The first kappa shape index (κ1) is 23.6. The van der Waals surface area contributed by atoms with Crippen molar-refractivity contribution in [3.8, 4) is 5.75 Å². The number of esters is 1. The lowest BCUT2D eigenvalue weighted by Crippen LogP contribution is -2.14. The van der Waals surface area contributed by atoms with Gasteiger partial charge in [-0.3, -0.25) is 9.59 Å². The maximum absolute atomic E-state index is 14.4. The van der Waals surface area contributed by atoms with Gasteiger partial charge in [0.05, 0.1) is 29.3 Å². The van der Waals surface area contributed by atoms with E-state index in [2.05, 4.69) is 5.32 Å². The molecule has 1 amide bonds. The van der Waals surface area contributed by atoms with Gasteiger partial charge in [0.2, 0.25) is 0 Å². The summed E-state index contributed by atoms with van der Waals surface area (Å²) in [5, 5.41) is 3.28. The number of nitrogens with one attached hydrogen (secondary N) is 1. The number of carbonyl (C=O) groups excluding carboxylic acids is 2. The lowest BCUT2D eigenvalue weighted by Gasteiger charge is -2.12. The Bertz CT molecular complexity index is 1140. The van der Waals surface area contributed by atoms with Gasteiger partial charge in [0.1, 0.15) is 18.2 Å². The molecule has 3 aromatic carbocycles. The van der Waals surface area contributed by atoms with E-state index < -0.39 is 17.7 Å². The fourth-order valence-corrected chi connectivity index (χ4v) is 3.32. The summed E-state index contributed by atoms with van der Waals surface area (Å²) in [6.07, 6.45) is -0.0587. The lowest BCUT2D eigenvalue weighted by molar-refractivity contribution is -0.142. The Labute approximate surface area is 195 Å². The summed E-state index contributed by atoms with van der Waals surface area (Å²) < 4.78 is 25.0. The van der Waals surface area contributed by atoms with Crippen LogP contribution in [0.3, 0.4) is 0 Å². The highest BCUT2D eigenvalue weighted by molar-refractivity contribution is 6.34. The zero-order valence-electron chi connectivity index (χ0n) is 17.2. The predicted molar refractivity (Wildman–Crippen MR) is 122 cm³/mol. The number of carbonyl (C=O) groups is 2. The largest absolute Gasteiger partial charge is 0.489 e. The Morgan fingerprint density at radius 3 is 2.53 bits per heavy atom. The standard InChI is InChI=1S/C24H20Cl2FNO4/c1-2-31-23(29)12-15-6-9-22(21(27)11-15)28-24(30)19-13-18(7-8-20(19)26)32-14-16-4-3-5-17(25)10-16/h3-11,13H,2,12,14H2,1H3,(H,28,30). The molecule has 3 rings (SSSR count). The molecule has 8 heteroatoms. The van der Waals surface area contributed by atoms with Gasteiger partial charge in [0, 0.05) is 5.02 Å². The monoisotopic (exact) mass is 475 g/mol. The first-order chi connectivity index (χ1) is 15.4. The maximum Gasteiger partial charge on any atom is 0.310 e. The number of rotatable bonds is 8. The molecule has 5 nitrogen and oxygen atoms in total. The van der Waals surface area contributed by atoms with Crippen LogP contribution in [0.25, 0.3) is 0 Å². The number of anilines is 1. The Kier molecular flexibility index (Phi) is 8.09. The van der Waals surface area contributed by atoms with Crippen molar-refractivity contribution in [3.63, 3.8) is 0 Å². The number of amides is 1. The van der Waals surface area contributed by atoms with E-state index in [1.165, 1.54) is 24.3 Å². The van der Waals surface area contributed by atoms with Crippen LogP contribution in [0, 0.1) is 5.82 Å². The molecule has 0 saturated carbocycles. The van der Waals surface area contributed by atoms with Crippen LogP contribution in [-0.2, 0) is 22.6 Å². The molecule has 0 aromatic heterocycles. The SMILES string of the molecule is CCOC(=O)Cc1ccc(NC(=O)c2cc(OCc3cccc(Cl)c3)ccc2Cl)c(F)c1. The molecule has 0 unspecified atom stereocenters. The zero-order valence-corrected chi connectivity index (χ0v) is 18.7. The van der Waals surface area contributed by atoms with E-state index in [0.29, 0.717) is 16.3 Å². The molecule has 3 aromatic rings. The van der Waals surface area contributed by atoms with Gasteiger partial charge >= 0.3 is 5.97 Å². The Balaban J connectivity index is 1.69. The number of hydrogen-bond donors (Lipinski definition) is 1. The van der Waals surface area contributed by atoms with Gasteiger partial charge in [-0.25, -0.2) is 4.39 Å². The summed E-state index contributed by atoms with van der Waals surface area (Å²) >= 11 is 12.1. The van der Waals surface area contributed by atoms with Crippen molar-refractivity contribution in [2.24, 2.45) is 0 Å². The molecule has 0 spiro atoms. The van der Waals surface area contributed by atoms with Crippen LogP contribution in [0.1, 0.15) is 28.4 Å². The van der Waals surface area contributed by atoms with E-state index >= 15 is 0 Å². The average Bonchev–Trinajstić information content (AvgIpc) is 2.75. The Hall–Kier alpha value is -3.09. The third kappa shape index (κ3) is 6.45. The maximum atomic E-state index is 14.4. The molecule has 0 aliphatic heterocycles. The summed E-state index contributed by atoms with van der Waals surface area (Å²) in [5.74, 6) is -1.31. The second-order valence-corrected chi connectivity index (χ2v) is 7.65. The number of benzene rings is 3. The van der Waals surface area contributed by atoms with E-state index in [4.69, 9.17) is 32.7 Å². The van der Waals surface area contributed by atoms with Gasteiger partial charge in [0.15, 0.2) is 0 Å². The van der Waals surface area contributed by atoms with Crippen molar-refractivity contribution in [2.45, 2.75) is 20.0 Å². The minimum Gasteiger partial charge on any atom is -0.489 e. The van der Waals surface area contributed by atoms with Gasteiger partial charge < -0.3 is 14.8 Å². The summed E-state index contributed by atoms with van der Waals surface area (Å²) in [4.78, 5) is 24.3. The summed E-state index contributed by atoms with van der Waals surface area (Å²) in [6.45, 7) is 2.19. The molecule has 0 radical (unpaired) electrons. The second-order valence-electron chi connectivity index (χ2n) is 6.81. The lowest BCUT2D eigenvalue weighted by atomic mass is 10.1. The van der Waals surface area contributed by atoms with Crippen molar-refractivity contribution in [1.82, 2.24) is 0 Å². The van der Waals surface area contributed by atoms with Crippen LogP contribution < -0.4 is 10.1 Å². The van der Waals surface area contributed by atoms with Crippen molar-refractivity contribution in [2.75, 3.05) is 11.9 Å². The van der Waals surface area contributed by atoms with E-state index in [1.54, 1.807) is 31.2 Å². The van der Waals surface area contributed by atoms with Crippen LogP contribution in [-0.4, -0.2) is 18.5 Å². The molecule has 32 heavy (non-hydrogen) atoms. The molecule has 0 heterocycles. The highest BCUT2D eigenvalue weighted by Gasteiger charge is 2.15. The first-order valence-electron chi connectivity index (χ1n) is 9.78. The number of hydrogen-bond acceptors (Lipinski definition) is 4. The van der Waals surface area contributed by atoms with Crippen molar-refractivity contribution >= 4 is 40.8 Å². The van der Waals surface area contributed by atoms with Gasteiger partial charge in [-0.05, 0) is 60.5 Å². The topological polar surface area (TPSA) is 64.6 Å². The van der Waals surface area contributed by atoms with Crippen LogP contribution in [0.4, 0.5) is 10.1 Å². The van der Waals surface area contributed by atoms with Crippen LogP contribution in [0.2, 0.25) is 10.0 Å². The fourth-order valence-electron chi connectivity index (χ4n) is 2.90. The molecule has 166 valence electrons. The van der Waals surface area contributed by atoms with Crippen molar-refractivity contribution in [3.05, 3.63) is 93.2 Å². The Morgan fingerprint density at radius 2 is 1.81 bits per heavy atom. The highest BCUT2D eigenvalue weighted by atomic mass is 35.5. The predicted octanol–water partition coefficient (Wildman–Crippen LogP) is 6.07. The molecule has 0 saturated heterocycles. The summed E-state index contributed by atoms with van der Waals surface area (Å²) in [7, 11) is 0. The van der Waals surface area contributed by atoms with Crippen LogP contribution in [0.5, 0.6) is 5.75 Å². The molecule has 0 atom stereocenters. The average molecular weight is 476 g/mol. The number of ether oxygens (including phenoxy) is 2. The molecular weight excluding hydrogens is 456 g/mol. The fraction of sp³-hybridized carbons (Fsp3) is 0.167. The van der Waals surface area contributed by atoms with E-state index in [0.717, 1.165) is 5.56 Å². The minimum atomic E-state index is -0.676. The van der Waals surface area contributed by atoms with Crippen molar-refractivity contribution in [1.29, 1.82) is 0 Å². The van der Waals surface area contributed by atoms with Gasteiger partial charge in [-0.2, -0.15) is 0 Å². The van der Waals surface area contributed by atoms with Gasteiger partial charge in [0.25, 0.3) is 5.91 Å². The van der Waals surface area contributed by atoms with Gasteiger partial charge in [-0.1, -0.05) is 41.4 Å². The third-order valence-corrected chi connectivity index (χ3v) is 4.98. The minimum absolute atomic E-state index is 0.0380. The quantitative estimate of drug-likeness (QED) is 0.401. The summed E-state index contributed by atoms with van der Waals surface area (Å²) in [6, 6.07) is 16.0. The number of halogens is 3.